The number of nitrogens with zero attached hydrogens (tertiary/aromatic N) is 3. The summed E-state index contributed by atoms with van der Waals surface area (Å²) < 4.78 is 43.5. The van der Waals surface area contributed by atoms with Crippen molar-refractivity contribution in [1.82, 2.24) is 9.97 Å². The minimum absolute atomic E-state index is 0.0842. The number of alkyl halides is 3. The zero-order chi connectivity index (χ0) is 17.2. The van der Waals surface area contributed by atoms with Crippen LogP contribution >= 0.6 is 0 Å². The van der Waals surface area contributed by atoms with E-state index in [1.165, 1.54) is 12.0 Å². The summed E-state index contributed by atoms with van der Waals surface area (Å²) >= 11 is 0. The summed E-state index contributed by atoms with van der Waals surface area (Å²) in [4.78, 5) is 20.6. The molecule has 9 heteroatoms. The van der Waals surface area contributed by atoms with Gasteiger partial charge in [-0.05, 0) is 19.3 Å². The smallest absolute Gasteiger partial charge is 0.433 e. The molecule has 0 aliphatic heterocycles. The molecule has 1 aliphatic rings. The maximum absolute atomic E-state index is 12.9. The molecule has 23 heavy (non-hydrogen) atoms. The Kier molecular flexibility index (Phi) is 4.96. The van der Waals surface area contributed by atoms with Gasteiger partial charge in [-0.1, -0.05) is 0 Å². The summed E-state index contributed by atoms with van der Waals surface area (Å²) in [6.07, 6.45) is -2.78. The van der Waals surface area contributed by atoms with Gasteiger partial charge in [0.2, 0.25) is 5.95 Å². The molecule has 0 aromatic carbocycles. The molecule has 1 saturated carbocycles. The second kappa shape index (κ2) is 6.59. The molecule has 0 amide bonds. The fraction of sp³-hybridized carbons (Fsp3) is 0.643. The second-order valence-electron chi connectivity index (χ2n) is 5.70. The molecular weight excluding hydrogens is 313 g/mol. The van der Waals surface area contributed by atoms with Crippen LogP contribution in [0.4, 0.5) is 24.9 Å². The molecule has 1 aromatic heterocycles. The average molecular weight is 332 g/mol. The number of ether oxygens (including phenoxy) is 1. The van der Waals surface area contributed by atoms with Gasteiger partial charge in [0.1, 0.15) is 5.82 Å². The third-order valence-corrected chi connectivity index (χ3v) is 3.76. The lowest BCUT2D eigenvalue weighted by Gasteiger charge is -2.18. The number of hydrogen-bond donors (Lipinski definition) is 1. The Bertz CT molecular complexity index is 578. The predicted molar refractivity (Wildman–Crippen MR) is 78.1 cm³/mol. The third-order valence-electron chi connectivity index (χ3n) is 3.76. The number of aromatic nitrogens is 2. The number of rotatable bonds is 4. The third kappa shape index (κ3) is 4.23. The van der Waals surface area contributed by atoms with Crippen molar-refractivity contribution in [3.05, 3.63) is 11.8 Å². The highest BCUT2D eigenvalue weighted by Crippen LogP contribution is 2.32. The first-order valence-electron chi connectivity index (χ1n) is 7.18. The Morgan fingerprint density at radius 1 is 1.35 bits per heavy atom. The molecule has 0 saturated heterocycles. The van der Waals surface area contributed by atoms with Crippen LogP contribution in [0.25, 0.3) is 0 Å². The second-order valence-corrected chi connectivity index (χ2v) is 5.70. The van der Waals surface area contributed by atoms with E-state index >= 15 is 0 Å². The minimum Gasteiger partial charge on any atom is -0.469 e. The van der Waals surface area contributed by atoms with Crippen molar-refractivity contribution in [3.63, 3.8) is 0 Å². The first-order chi connectivity index (χ1) is 10.7. The maximum Gasteiger partial charge on any atom is 0.433 e. The Hall–Kier alpha value is -2.06. The van der Waals surface area contributed by atoms with Gasteiger partial charge in [-0.25, -0.2) is 4.98 Å². The van der Waals surface area contributed by atoms with E-state index in [4.69, 9.17) is 4.74 Å². The molecule has 0 spiro atoms. The lowest BCUT2D eigenvalue weighted by atomic mass is 10.1. The molecule has 1 heterocycles. The molecular formula is C14H19F3N4O2. The van der Waals surface area contributed by atoms with Gasteiger partial charge in [0.25, 0.3) is 0 Å². The van der Waals surface area contributed by atoms with Crippen LogP contribution in [0.15, 0.2) is 6.07 Å². The normalized spacial score (nSPS) is 21.1. The molecule has 1 aliphatic carbocycles. The summed E-state index contributed by atoms with van der Waals surface area (Å²) in [6, 6.07) is 0.745. The Morgan fingerprint density at radius 2 is 2.04 bits per heavy atom. The predicted octanol–water partition coefficient (Wildman–Crippen LogP) is 2.32. The van der Waals surface area contributed by atoms with Crippen LogP contribution in [0.1, 0.15) is 25.0 Å². The number of esters is 1. The van der Waals surface area contributed by atoms with Crippen LogP contribution in [0.5, 0.6) is 0 Å². The summed E-state index contributed by atoms with van der Waals surface area (Å²) in [7, 11) is 4.53. The summed E-state index contributed by atoms with van der Waals surface area (Å²) in [5.41, 5.74) is -0.999. The van der Waals surface area contributed by atoms with Crippen LogP contribution < -0.4 is 10.2 Å². The van der Waals surface area contributed by atoms with E-state index in [2.05, 4.69) is 15.3 Å². The summed E-state index contributed by atoms with van der Waals surface area (Å²) in [5, 5.41) is 2.90. The van der Waals surface area contributed by atoms with Crippen molar-refractivity contribution in [2.75, 3.05) is 31.4 Å². The fourth-order valence-electron chi connectivity index (χ4n) is 2.55. The summed E-state index contributed by atoms with van der Waals surface area (Å²) in [5.74, 6) is -0.457. The number of anilines is 2. The highest BCUT2D eigenvalue weighted by Gasteiger charge is 2.35. The average Bonchev–Trinajstić information content (AvgIpc) is 2.93. The van der Waals surface area contributed by atoms with E-state index in [1.54, 1.807) is 14.1 Å². The highest BCUT2D eigenvalue weighted by atomic mass is 19.4. The monoisotopic (exact) mass is 332 g/mol. The van der Waals surface area contributed by atoms with Gasteiger partial charge in [0.05, 0.1) is 13.0 Å². The first-order valence-corrected chi connectivity index (χ1v) is 7.18. The molecule has 0 bridgehead atoms. The van der Waals surface area contributed by atoms with Gasteiger partial charge in [-0.2, -0.15) is 18.2 Å². The van der Waals surface area contributed by atoms with E-state index < -0.39 is 11.9 Å². The lowest BCUT2D eigenvalue weighted by molar-refractivity contribution is -0.145. The maximum atomic E-state index is 12.9. The number of carbonyl (C=O) groups excluding carboxylic acids is 1. The first kappa shape index (κ1) is 17.3. The largest absolute Gasteiger partial charge is 0.469 e. The van der Waals surface area contributed by atoms with Crippen molar-refractivity contribution in [2.24, 2.45) is 5.92 Å². The zero-order valence-electron chi connectivity index (χ0n) is 13.1. The van der Waals surface area contributed by atoms with E-state index in [9.17, 15) is 18.0 Å². The molecule has 2 atom stereocenters. The molecule has 6 nitrogen and oxygen atoms in total. The van der Waals surface area contributed by atoms with Crippen molar-refractivity contribution in [2.45, 2.75) is 31.5 Å². The fourth-order valence-corrected chi connectivity index (χ4v) is 2.55. The minimum atomic E-state index is -4.55. The zero-order valence-corrected chi connectivity index (χ0v) is 13.1. The van der Waals surface area contributed by atoms with E-state index in [0.717, 1.165) is 6.07 Å². The SMILES string of the molecule is COC(=O)[C@H]1CC[C@@H](Nc2nc(N(C)C)cc(C(F)(F)F)n2)C1. The van der Waals surface area contributed by atoms with Crippen LogP contribution in [0.2, 0.25) is 0 Å². The number of halogens is 3. The van der Waals surface area contributed by atoms with Gasteiger partial charge >= 0.3 is 12.1 Å². The van der Waals surface area contributed by atoms with E-state index in [0.29, 0.717) is 19.3 Å². The number of nitrogens with one attached hydrogen (secondary N) is 1. The number of carbonyl (C=O) groups is 1. The molecule has 2 rings (SSSR count). The molecule has 1 aromatic rings. The van der Waals surface area contributed by atoms with Crippen LogP contribution in [-0.4, -0.2) is 43.2 Å². The Morgan fingerprint density at radius 3 is 2.61 bits per heavy atom. The van der Waals surface area contributed by atoms with Gasteiger partial charge in [-0.15, -0.1) is 0 Å². The van der Waals surface area contributed by atoms with E-state index in [-0.39, 0.29) is 29.7 Å². The Labute approximate surface area is 132 Å². The van der Waals surface area contributed by atoms with Gasteiger partial charge in [-0.3, -0.25) is 4.79 Å². The van der Waals surface area contributed by atoms with E-state index in [1.807, 2.05) is 0 Å². The molecule has 0 unspecified atom stereocenters. The highest BCUT2D eigenvalue weighted by molar-refractivity contribution is 5.72. The van der Waals surface area contributed by atoms with Crippen molar-refractivity contribution < 1.29 is 22.7 Å². The topological polar surface area (TPSA) is 67.3 Å². The molecule has 128 valence electrons. The lowest BCUT2D eigenvalue weighted by Crippen LogP contribution is -2.22. The standard InChI is InChI=1S/C14H19F3N4O2/c1-21(2)11-7-10(14(15,16)17)19-13(20-11)18-9-5-4-8(6-9)12(22)23-3/h7-9H,4-6H2,1-3H3,(H,18,19,20)/t8-,9+/m0/s1. The number of methoxy groups -OCH3 is 1. The summed E-state index contributed by atoms with van der Waals surface area (Å²) in [6.45, 7) is 0. The van der Waals surface area contributed by atoms with Gasteiger partial charge < -0.3 is 15.0 Å². The molecule has 0 radical (unpaired) electrons. The van der Waals surface area contributed by atoms with Crippen molar-refractivity contribution >= 4 is 17.7 Å². The van der Waals surface area contributed by atoms with Crippen LogP contribution in [0.3, 0.4) is 0 Å². The quantitative estimate of drug-likeness (QED) is 0.854. The van der Waals surface area contributed by atoms with Gasteiger partial charge in [0.15, 0.2) is 5.69 Å². The Balaban J connectivity index is 2.17. The van der Waals surface area contributed by atoms with Crippen LogP contribution in [-0.2, 0) is 15.7 Å². The van der Waals surface area contributed by atoms with Crippen LogP contribution in [0, 0.1) is 5.92 Å². The van der Waals surface area contributed by atoms with Gasteiger partial charge in [0, 0.05) is 26.2 Å². The molecule has 1 N–H and O–H groups in total. The number of hydrogen-bond acceptors (Lipinski definition) is 6. The molecule has 1 fully saturated rings. The van der Waals surface area contributed by atoms with Crippen molar-refractivity contribution in [3.8, 4) is 0 Å². The van der Waals surface area contributed by atoms with Crippen molar-refractivity contribution in [1.29, 1.82) is 0 Å².